The molecule has 0 spiro atoms. The number of likely N-dealkylation sites (N-methyl/N-ethyl adjacent to an activating group) is 1. The molecule has 26 heavy (non-hydrogen) atoms. The van der Waals surface area contributed by atoms with Gasteiger partial charge in [0.15, 0.2) is 0 Å². The van der Waals surface area contributed by atoms with E-state index >= 15 is 0 Å². The van der Waals surface area contributed by atoms with Crippen LogP contribution in [0.25, 0.3) is 10.9 Å². The van der Waals surface area contributed by atoms with Crippen LogP contribution in [0.1, 0.15) is 36.5 Å². The van der Waals surface area contributed by atoms with E-state index in [4.69, 9.17) is 4.74 Å². The summed E-state index contributed by atoms with van der Waals surface area (Å²) in [7, 11) is 2.18. The summed E-state index contributed by atoms with van der Waals surface area (Å²) >= 11 is 0. The number of fused-ring (bicyclic) bond motifs is 3. The molecule has 1 aromatic heterocycles. The first-order chi connectivity index (χ1) is 12.6. The molecule has 2 fully saturated rings. The number of carbonyl (C=O) groups is 1. The number of halogens is 1. The number of anilines is 1. The number of carbonyl (C=O) groups excluding carboxylic acids is 1. The number of aromatic nitrogens is 1. The van der Waals surface area contributed by atoms with Gasteiger partial charge in [0, 0.05) is 36.8 Å². The van der Waals surface area contributed by atoms with Gasteiger partial charge in [-0.25, -0.2) is 9.18 Å². The molecule has 2 aliphatic rings. The highest BCUT2D eigenvalue weighted by molar-refractivity contribution is 6.05. The zero-order valence-electron chi connectivity index (χ0n) is 15.2. The van der Waals surface area contributed by atoms with Gasteiger partial charge in [0.2, 0.25) is 0 Å². The molecular weight excluding hydrogens is 333 g/mol. The monoisotopic (exact) mass is 357 g/mol. The second-order valence-electron chi connectivity index (χ2n) is 7.19. The largest absolute Gasteiger partial charge is 0.462 e. The molecule has 2 unspecified atom stereocenters. The highest BCUT2D eigenvalue weighted by Crippen LogP contribution is 2.36. The van der Waals surface area contributed by atoms with Gasteiger partial charge >= 0.3 is 5.97 Å². The van der Waals surface area contributed by atoms with Crippen LogP contribution in [0.5, 0.6) is 0 Å². The Morgan fingerprint density at radius 3 is 2.92 bits per heavy atom. The van der Waals surface area contributed by atoms with Crippen molar-refractivity contribution in [1.29, 1.82) is 0 Å². The first kappa shape index (κ1) is 17.2. The van der Waals surface area contributed by atoms with Gasteiger partial charge in [0.25, 0.3) is 0 Å². The fourth-order valence-corrected chi connectivity index (χ4v) is 4.36. The third-order valence-corrected chi connectivity index (χ3v) is 5.76. The standard InChI is InChI=1S/C20H24FN3O2/c1-3-26-20(25)17-11-22-18-7-4-13(21)10-16(18)19(17)24-9-8-14-5-6-15(12-24)23(14)2/h4,7,10-11,14-15H,3,5-6,8-9,12H2,1-2H3. The Balaban J connectivity index is 1.84. The topological polar surface area (TPSA) is 45.7 Å². The summed E-state index contributed by atoms with van der Waals surface area (Å²) in [6.45, 7) is 3.75. The van der Waals surface area contributed by atoms with Crippen molar-refractivity contribution in [3.05, 3.63) is 35.8 Å². The SMILES string of the molecule is CCOC(=O)c1cnc2ccc(F)cc2c1N1CCC2CCC(C1)N2C. The third kappa shape index (κ3) is 2.92. The van der Waals surface area contributed by atoms with E-state index in [0.717, 1.165) is 31.6 Å². The van der Waals surface area contributed by atoms with Crippen molar-refractivity contribution in [3.63, 3.8) is 0 Å². The lowest BCUT2D eigenvalue weighted by atomic mass is 10.0. The third-order valence-electron chi connectivity index (χ3n) is 5.76. The molecule has 6 heteroatoms. The number of rotatable bonds is 3. The van der Waals surface area contributed by atoms with Crippen LogP contribution in [0.15, 0.2) is 24.4 Å². The Morgan fingerprint density at radius 1 is 1.31 bits per heavy atom. The van der Waals surface area contributed by atoms with E-state index in [0.29, 0.717) is 35.2 Å². The van der Waals surface area contributed by atoms with Gasteiger partial charge in [-0.15, -0.1) is 0 Å². The van der Waals surface area contributed by atoms with Crippen LogP contribution >= 0.6 is 0 Å². The predicted octanol–water partition coefficient (Wildman–Crippen LogP) is 3.22. The fraction of sp³-hybridized carbons (Fsp3) is 0.500. The molecule has 4 rings (SSSR count). The second-order valence-corrected chi connectivity index (χ2v) is 7.19. The van der Waals surface area contributed by atoms with E-state index in [9.17, 15) is 9.18 Å². The van der Waals surface area contributed by atoms with Gasteiger partial charge in [0.05, 0.1) is 17.8 Å². The first-order valence-corrected chi connectivity index (χ1v) is 9.30. The van der Waals surface area contributed by atoms with Crippen LogP contribution in [0.4, 0.5) is 10.1 Å². The van der Waals surface area contributed by atoms with Crippen LogP contribution in [0.3, 0.4) is 0 Å². The molecule has 2 bridgehead atoms. The Morgan fingerprint density at radius 2 is 2.12 bits per heavy atom. The maximum Gasteiger partial charge on any atom is 0.341 e. The minimum absolute atomic E-state index is 0.299. The van der Waals surface area contributed by atoms with Crippen molar-refractivity contribution in [2.45, 2.75) is 38.3 Å². The quantitative estimate of drug-likeness (QED) is 0.790. The molecular formula is C20H24FN3O2. The minimum atomic E-state index is -0.399. The van der Waals surface area contributed by atoms with Crippen molar-refractivity contribution >= 4 is 22.6 Å². The highest BCUT2D eigenvalue weighted by atomic mass is 19.1. The summed E-state index contributed by atoms with van der Waals surface area (Å²) < 4.78 is 19.2. The molecule has 2 aliphatic heterocycles. The van der Waals surface area contributed by atoms with Crippen LogP contribution in [-0.2, 0) is 4.74 Å². The Hall–Kier alpha value is -2.21. The first-order valence-electron chi connectivity index (χ1n) is 9.30. The molecule has 3 heterocycles. The lowest BCUT2D eigenvalue weighted by Gasteiger charge is -2.30. The Bertz CT molecular complexity index is 841. The number of pyridine rings is 1. The molecule has 2 aromatic rings. The van der Waals surface area contributed by atoms with E-state index in [1.54, 1.807) is 19.2 Å². The van der Waals surface area contributed by atoms with Gasteiger partial charge in [-0.05, 0) is 51.4 Å². The fourth-order valence-electron chi connectivity index (χ4n) is 4.36. The van der Waals surface area contributed by atoms with E-state index in [-0.39, 0.29) is 5.82 Å². The van der Waals surface area contributed by atoms with Crippen LogP contribution in [0.2, 0.25) is 0 Å². The zero-order chi connectivity index (χ0) is 18.3. The predicted molar refractivity (Wildman–Crippen MR) is 99.1 cm³/mol. The molecule has 0 radical (unpaired) electrons. The van der Waals surface area contributed by atoms with Crippen molar-refractivity contribution in [2.75, 3.05) is 31.6 Å². The molecule has 0 saturated carbocycles. The van der Waals surface area contributed by atoms with E-state index in [2.05, 4.69) is 21.8 Å². The maximum absolute atomic E-state index is 14.0. The molecule has 138 valence electrons. The van der Waals surface area contributed by atoms with E-state index in [1.807, 2.05) is 0 Å². The van der Waals surface area contributed by atoms with Crippen LogP contribution in [0, 0.1) is 5.82 Å². The van der Waals surface area contributed by atoms with Crippen molar-refractivity contribution < 1.29 is 13.9 Å². The van der Waals surface area contributed by atoms with Gasteiger partial charge in [-0.1, -0.05) is 0 Å². The summed E-state index contributed by atoms with van der Waals surface area (Å²) in [5.74, 6) is -0.723. The molecule has 0 N–H and O–H groups in total. The molecule has 0 aliphatic carbocycles. The Labute approximate surface area is 152 Å². The average molecular weight is 357 g/mol. The number of nitrogens with zero attached hydrogens (tertiary/aromatic N) is 3. The van der Waals surface area contributed by atoms with Gasteiger partial charge in [-0.2, -0.15) is 0 Å². The second kappa shape index (κ2) is 6.83. The normalized spacial score (nSPS) is 23.3. The van der Waals surface area contributed by atoms with E-state index < -0.39 is 5.97 Å². The molecule has 1 aromatic carbocycles. The smallest absolute Gasteiger partial charge is 0.341 e. The number of esters is 1. The number of hydrogen-bond acceptors (Lipinski definition) is 5. The van der Waals surface area contributed by atoms with Crippen molar-refractivity contribution in [3.8, 4) is 0 Å². The van der Waals surface area contributed by atoms with E-state index in [1.165, 1.54) is 18.6 Å². The van der Waals surface area contributed by atoms with Crippen molar-refractivity contribution in [2.24, 2.45) is 0 Å². The van der Waals surface area contributed by atoms with Crippen LogP contribution in [-0.4, -0.2) is 54.7 Å². The molecule has 5 nitrogen and oxygen atoms in total. The maximum atomic E-state index is 14.0. The van der Waals surface area contributed by atoms with Gasteiger partial charge in [-0.3, -0.25) is 9.88 Å². The number of ether oxygens (including phenoxy) is 1. The minimum Gasteiger partial charge on any atom is -0.462 e. The summed E-state index contributed by atoms with van der Waals surface area (Å²) in [6.07, 6.45) is 4.99. The lowest BCUT2D eigenvalue weighted by Crippen LogP contribution is -2.37. The average Bonchev–Trinajstić information content (AvgIpc) is 2.87. The summed E-state index contributed by atoms with van der Waals surface area (Å²) in [5, 5.41) is 0.677. The highest BCUT2D eigenvalue weighted by Gasteiger charge is 2.36. The summed E-state index contributed by atoms with van der Waals surface area (Å²) in [4.78, 5) is 21.6. The van der Waals surface area contributed by atoms with Crippen molar-refractivity contribution in [1.82, 2.24) is 9.88 Å². The summed E-state index contributed by atoms with van der Waals surface area (Å²) in [5.41, 5.74) is 1.87. The molecule has 2 atom stereocenters. The number of hydrogen-bond donors (Lipinski definition) is 0. The number of benzene rings is 1. The van der Waals surface area contributed by atoms with Gasteiger partial charge < -0.3 is 9.64 Å². The molecule has 2 saturated heterocycles. The zero-order valence-corrected chi connectivity index (χ0v) is 15.2. The lowest BCUT2D eigenvalue weighted by molar-refractivity contribution is 0.0526. The van der Waals surface area contributed by atoms with Crippen LogP contribution < -0.4 is 4.90 Å². The van der Waals surface area contributed by atoms with Gasteiger partial charge in [0.1, 0.15) is 11.4 Å². The summed E-state index contributed by atoms with van der Waals surface area (Å²) in [6, 6.07) is 5.59. The molecule has 0 amide bonds. The Kier molecular flexibility index (Phi) is 4.53.